The Labute approximate surface area is 221 Å². The number of ether oxygens (including phenoxy) is 4. The first-order chi connectivity index (χ1) is 17.9. The molecule has 11 nitrogen and oxygen atoms in total. The number of nitrogens with zero attached hydrogens (tertiary/aromatic N) is 4. The van der Waals surface area contributed by atoms with Crippen molar-refractivity contribution < 1.29 is 28.5 Å². The van der Waals surface area contributed by atoms with E-state index in [-0.39, 0.29) is 28.9 Å². The number of rotatable bonds is 8. The van der Waals surface area contributed by atoms with Crippen LogP contribution in [0.3, 0.4) is 0 Å². The van der Waals surface area contributed by atoms with Gasteiger partial charge in [0.05, 0.1) is 51.8 Å². The van der Waals surface area contributed by atoms with Crippen molar-refractivity contribution in [2.75, 3.05) is 39.1 Å². The lowest BCUT2D eigenvalue weighted by molar-refractivity contribution is -0.137. The fourth-order valence-corrected chi connectivity index (χ4v) is 6.21. The summed E-state index contributed by atoms with van der Waals surface area (Å²) in [5.41, 5.74) is 8.48. The number of nitrogens with two attached hydrogens (primary N) is 1. The van der Waals surface area contributed by atoms with Crippen LogP contribution in [0.2, 0.25) is 0 Å². The number of methoxy groups -OCH3 is 4. The Bertz CT molecular complexity index is 1350. The van der Waals surface area contributed by atoms with Crippen molar-refractivity contribution in [3.63, 3.8) is 0 Å². The molecule has 13 heteroatoms. The zero-order valence-electron chi connectivity index (χ0n) is 20.7. The van der Waals surface area contributed by atoms with Crippen LogP contribution in [-0.4, -0.2) is 56.1 Å². The van der Waals surface area contributed by atoms with Crippen LogP contribution in [0.5, 0.6) is 17.2 Å². The second-order valence-electron chi connectivity index (χ2n) is 7.96. The van der Waals surface area contributed by atoms with Gasteiger partial charge in [0.1, 0.15) is 5.82 Å². The van der Waals surface area contributed by atoms with Gasteiger partial charge in [-0.05, 0) is 18.9 Å². The van der Waals surface area contributed by atoms with Crippen LogP contribution in [0, 0.1) is 11.3 Å². The topological polar surface area (TPSA) is 150 Å². The molecule has 0 spiro atoms. The van der Waals surface area contributed by atoms with Crippen LogP contribution in [0.25, 0.3) is 0 Å². The highest BCUT2D eigenvalue weighted by molar-refractivity contribution is 8.01. The molecular weight excluding hydrogens is 518 g/mol. The smallest absolute Gasteiger partial charge is 0.316 e. The average molecular weight is 544 g/mol. The zero-order chi connectivity index (χ0) is 26.7. The molecule has 194 valence electrons. The van der Waals surface area contributed by atoms with E-state index in [9.17, 15) is 14.9 Å². The highest BCUT2D eigenvalue weighted by Gasteiger charge is 2.43. The first-order valence-electron chi connectivity index (χ1n) is 11.2. The van der Waals surface area contributed by atoms with Gasteiger partial charge in [0, 0.05) is 23.3 Å². The zero-order valence-corrected chi connectivity index (χ0v) is 22.3. The van der Waals surface area contributed by atoms with Gasteiger partial charge in [-0.25, -0.2) is 0 Å². The third kappa shape index (κ3) is 4.70. The predicted molar refractivity (Wildman–Crippen MR) is 137 cm³/mol. The van der Waals surface area contributed by atoms with Crippen molar-refractivity contribution >= 4 is 40.0 Å². The van der Waals surface area contributed by atoms with Crippen molar-refractivity contribution in [2.24, 2.45) is 5.73 Å². The number of thioether (sulfide) groups is 1. The fourth-order valence-electron chi connectivity index (χ4n) is 4.50. The van der Waals surface area contributed by atoms with Crippen LogP contribution in [-0.2, 0) is 14.3 Å². The number of aromatic nitrogens is 2. The maximum Gasteiger partial charge on any atom is 0.316 e. The number of hydrogen-bond donors (Lipinski definition) is 1. The van der Waals surface area contributed by atoms with Crippen LogP contribution < -0.4 is 24.8 Å². The molecule has 0 radical (unpaired) electrons. The van der Waals surface area contributed by atoms with E-state index < -0.39 is 5.92 Å². The standard InChI is InChI=1S/C24H25N5O6S2/c1-32-16-9-8-12(20(34-3)21(16)35-4)18-13(10-25)22(26)29(14-6-5-7-15(30)19(14)18)23-27-28-24(37-23)36-11-17(31)33-2/h8-9,18H,5-7,11,26H2,1-4H3. The van der Waals surface area contributed by atoms with Crippen molar-refractivity contribution in [1.82, 2.24) is 10.2 Å². The molecule has 2 N–H and O–H groups in total. The van der Waals surface area contributed by atoms with E-state index in [2.05, 4.69) is 21.0 Å². The highest BCUT2D eigenvalue weighted by atomic mass is 32.2. The lowest BCUT2D eigenvalue weighted by Gasteiger charge is -2.38. The van der Waals surface area contributed by atoms with Gasteiger partial charge in [-0.2, -0.15) is 5.26 Å². The van der Waals surface area contributed by atoms with E-state index in [0.717, 1.165) is 0 Å². The minimum Gasteiger partial charge on any atom is -0.493 e. The summed E-state index contributed by atoms with van der Waals surface area (Å²) in [6.45, 7) is 0. The Morgan fingerprint density at radius 1 is 1.19 bits per heavy atom. The van der Waals surface area contributed by atoms with E-state index >= 15 is 0 Å². The molecular formula is C24H25N5O6S2. The Kier molecular flexibility index (Phi) is 7.89. The Morgan fingerprint density at radius 3 is 2.59 bits per heavy atom. The Balaban J connectivity index is 1.87. The van der Waals surface area contributed by atoms with Gasteiger partial charge in [0.25, 0.3) is 0 Å². The molecule has 0 amide bonds. The Morgan fingerprint density at radius 2 is 1.95 bits per heavy atom. The van der Waals surface area contributed by atoms with Crippen molar-refractivity contribution in [3.05, 3.63) is 40.4 Å². The van der Waals surface area contributed by atoms with Gasteiger partial charge < -0.3 is 24.7 Å². The molecule has 2 aromatic rings. The van der Waals surface area contributed by atoms with Gasteiger partial charge in [0.15, 0.2) is 21.6 Å². The van der Waals surface area contributed by atoms with E-state index in [1.807, 2.05) is 0 Å². The number of benzene rings is 1. The normalized spacial score (nSPS) is 17.3. The van der Waals surface area contributed by atoms with Crippen LogP contribution in [0.15, 0.2) is 39.1 Å². The van der Waals surface area contributed by atoms with Crippen molar-refractivity contribution in [2.45, 2.75) is 29.5 Å². The minimum atomic E-state index is -0.764. The number of Topliss-reactive ketones (excluding diaryl/α,β-unsaturated/α-hetero) is 1. The molecule has 2 heterocycles. The van der Waals surface area contributed by atoms with Gasteiger partial charge in [-0.15, -0.1) is 10.2 Å². The first-order valence-corrected chi connectivity index (χ1v) is 13.0. The second-order valence-corrected chi connectivity index (χ2v) is 10.1. The summed E-state index contributed by atoms with van der Waals surface area (Å²) in [4.78, 5) is 26.6. The van der Waals surface area contributed by atoms with E-state index in [4.69, 9.17) is 19.9 Å². The summed E-state index contributed by atoms with van der Waals surface area (Å²) in [6.07, 6.45) is 1.52. The van der Waals surface area contributed by atoms with E-state index in [1.54, 1.807) is 17.0 Å². The monoisotopic (exact) mass is 543 g/mol. The number of allylic oxidation sites excluding steroid dienone is 3. The molecule has 1 unspecified atom stereocenters. The molecule has 0 saturated carbocycles. The van der Waals surface area contributed by atoms with E-state index in [0.29, 0.717) is 62.8 Å². The molecule has 1 aromatic carbocycles. The molecule has 0 fully saturated rings. The molecule has 37 heavy (non-hydrogen) atoms. The third-order valence-electron chi connectivity index (χ3n) is 6.09. The SMILES string of the molecule is COC(=O)CSc1nnc(N2C(N)=C(C#N)C(c3ccc(OC)c(OC)c3OC)C3=C2CCCC3=O)s1. The number of carbonyl (C=O) groups is 2. The Hall–Kier alpha value is -3.76. The summed E-state index contributed by atoms with van der Waals surface area (Å²) in [7, 11) is 5.81. The molecule has 1 aliphatic carbocycles. The molecule has 2 aliphatic rings. The summed E-state index contributed by atoms with van der Waals surface area (Å²) in [6, 6.07) is 5.68. The fraction of sp³-hybridized carbons (Fsp3) is 0.375. The van der Waals surface area contributed by atoms with Gasteiger partial charge in [-0.1, -0.05) is 29.2 Å². The largest absolute Gasteiger partial charge is 0.493 e. The number of anilines is 1. The molecule has 0 saturated heterocycles. The number of nitriles is 1. The quantitative estimate of drug-likeness (QED) is 0.385. The summed E-state index contributed by atoms with van der Waals surface area (Å²) in [5, 5.41) is 19.1. The summed E-state index contributed by atoms with van der Waals surface area (Å²) < 4.78 is 21.8. The maximum absolute atomic E-state index is 13.4. The molecule has 0 bridgehead atoms. The number of carbonyl (C=O) groups excluding carboxylic acids is 2. The van der Waals surface area contributed by atoms with Gasteiger partial charge >= 0.3 is 5.97 Å². The van der Waals surface area contributed by atoms with Crippen LogP contribution >= 0.6 is 23.1 Å². The second kappa shape index (κ2) is 11.1. The lowest BCUT2D eigenvalue weighted by atomic mass is 9.75. The number of hydrogen-bond acceptors (Lipinski definition) is 13. The molecule has 1 atom stereocenters. The van der Waals surface area contributed by atoms with Crippen LogP contribution in [0.1, 0.15) is 30.7 Å². The first kappa shape index (κ1) is 26.3. The number of esters is 1. The minimum absolute atomic E-state index is 0.0769. The molecule has 1 aromatic heterocycles. The molecule has 1 aliphatic heterocycles. The highest BCUT2D eigenvalue weighted by Crippen LogP contribution is 2.52. The van der Waals surface area contributed by atoms with Gasteiger partial charge in [0.2, 0.25) is 10.9 Å². The van der Waals surface area contributed by atoms with Crippen molar-refractivity contribution in [3.8, 4) is 23.3 Å². The summed E-state index contributed by atoms with van der Waals surface area (Å²) >= 11 is 2.39. The van der Waals surface area contributed by atoms with Crippen molar-refractivity contribution in [1.29, 1.82) is 5.26 Å². The summed E-state index contributed by atoms with van der Waals surface area (Å²) in [5.74, 6) is 0.141. The predicted octanol–water partition coefficient (Wildman–Crippen LogP) is 3.13. The number of ketones is 1. The van der Waals surface area contributed by atoms with Gasteiger partial charge in [-0.3, -0.25) is 14.5 Å². The average Bonchev–Trinajstić information content (AvgIpc) is 3.38. The van der Waals surface area contributed by atoms with Crippen LogP contribution in [0.4, 0.5) is 5.13 Å². The van der Waals surface area contributed by atoms with E-state index in [1.165, 1.54) is 51.5 Å². The lowest BCUT2D eigenvalue weighted by Crippen LogP contribution is -2.38. The molecule has 4 rings (SSSR count). The third-order valence-corrected chi connectivity index (χ3v) is 8.10. The maximum atomic E-state index is 13.4.